The smallest absolute Gasteiger partial charge is 0.281 e. The number of nitrogens with zero attached hydrogens (tertiary/aromatic N) is 2. The van der Waals surface area contributed by atoms with Crippen LogP contribution in [0.2, 0.25) is 0 Å². The maximum atomic E-state index is 12.5. The molecule has 4 nitrogen and oxygen atoms in total. The topological polar surface area (TPSA) is 57.4 Å². The Morgan fingerprint density at radius 1 is 0.762 bits per heavy atom. The van der Waals surface area contributed by atoms with Crippen LogP contribution in [0.4, 0.5) is 26.3 Å². The van der Waals surface area contributed by atoms with Gasteiger partial charge in [0.15, 0.2) is 11.4 Å². The minimum Gasteiger partial charge on any atom is -0.281 e. The highest BCUT2D eigenvalue weighted by atomic mass is 19.4. The van der Waals surface area contributed by atoms with E-state index in [-0.39, 0.29) is 11.4 Å². The van der Waals surface area contributed by atoms with Crippen molar-refractivity contribution in [3.05, 3.63) is 34.9 Å². The molecule has 0 aliphatic heterocycles. The SMILES string of the molecule is CC(C)(c1cc(C(F)(F)F)n[nH]1)c1cc(C(F)(F)F)n[nH]1. The molecule has 0 aliphatic carbocycles. The van der Waals surface area contributed by atoms with Crippen LogP contribution < -0.4 is 0 Å². The second kappa shape index (κ2) is 4.50. The van der Waals surface area contributed by atoms with Gasteiger partial charge in [-0.15, -0.1) is 0 Å². The van der Waals surface area contributed by atoms with E-state index >= 15 is 0 Å². The molecule has 116 valence electrons. The van der Waals surface area contributed by atoms with Crippen molar-refractivity contribution in [3.8, 4) is 0 Å². The summed E-state index contributed by atoms with van der Waals surface area (Å²) in [6.45, 7) is 2.91. The number of H-pyrrole nitrogens is 2. The van der Waals surface area contributed by atoms with E-state index < -0.39 is 29.2 Å². The van der Waals surface area contributed by atoms with E-state index in [2.05, 4.69) is 20.4 Å². The Hall–Kier alpha value is -2.00. The molecule has 0 amide bonds. The molecule has 2 N–H and O–H groups in total. The van der Waals surface area contributed by atoms with Gasteiger partial charge in [-0.3, -0.25) is 10.2 Å². The largest absolute Gasteiger partial charge is 0.435 e. The van der Waals surface area contributed by atoms with Gasteiger partial charge >= 0.3 is 12.4 Å². The standard InChI is InChI=1S/C11H10F6N4/c1-9(2,5-3-7(20-18-5)10(12,13)14)6-4-8(21-19-6)11(15,16)17/h3-4H,1-2H3,(H,18,20)(H,19,21). The molecule has 0 saturated heterocycles. The molecule has 0 unspecified atom stereocenters. The Bertz CT molecular complexity index is 579. The molecule has 0 aliphatic rings. The van der Waals surface area contributed by atoms with Crippen molar-refractivity contribution < 1.29 is 26.3 Å². The number of aromatic amines is 2. The van der Waals surface area contributed by atoms with Crippen LogP contribution in [0.5, 0.6) is 0 Å². The van der Waals surface area contributed by atoms with Crippen molar-refractivity contribution in [2.24, 2.45) is 0 Å². The first-order valence-electron chi connectivity index (χ1n) is 5.68. The monoisotopic (exact) mass is 312 g/mol. The van der Waals surface area contributed by atoms with E-state index in [9.17, 15) is 26.3 Å². The lowest BCUT2D eigenvalue weighted by Crippen LogP contribution is -2.20. The molecule has 2 heterocycles. The fourth-order valence-corrected chi connectivity index (χ4v) is 1.72. The number of hydrogen-bond donors (Lipinski definition) is 2. The minimum absolute atomic E-state index is 0.0206. The Morgan fingerprint density at radius 2 is 1.10 bits per heavy atom. The molecule has 0 atom stereocenters. The zero-order valence-corrected chi connectivity index (χ0v) is 10.8. The molecule has 0 fully saturated rings. The quantitative estimate of drug-likeness (QED) is 0.834. The molecule has 0 radical (unpaired) electrons. The molecule has 2 aromatic heterocycles. The maximum absolute atomic E-state index is 12.5. The molecule has 0 saturated carbocycles. The van der Waals surface area contributed by atoms with Crippen molar-refractivity contribution in [2.45, 2.75) is 31.6 Å². The third kappa shape index (κ3) is 2.88. The van der Waals surface area contributed by atoms with Crippen molar-refractivity contribution in [1.29, 1.82) is 0 Å². The van der Waals surface area contributed by atoms with Crippen molar-refractivity contribution in [1.82, 2.24) is 20.4 Å². The van der Waals surface area contributed by atoms with Crippen LogP contribution in [-0.2, 0) is 17.8 Å². The summed E-state index contributed by atoms with van der Waals surface area (Å²) < 4.78 is 75.0. The van der Waals surface area contributed by atoms with Gasteiger partial charge in [0.2, 0.25) is 0 Å². The second-order valence-electron chi connectivity index (χ2n) is 4.95. The van der Waals surface area contributed by atoms with Crippen LogP contribution in [0.1, 0.15) is 36.6 Å². The summed E-state index contributed by atoms with van der Waals surface area (Å²) in [6.07, 6.45) is -9.26. The summed E-state index contributed by atoms with van der Waals surface area (Å²) in [5.41, 5.74) is -3.41. The highest BCUT2D eigenvalue weighted by Crippen LogP contribution is 2.36. The van der Waals surface area contributed by atoms with Crippen LogP contribution >= 0.6 is 0 Å². The average Bonchev–Trinajstić information content (AvgIpc) is 2.97. The first-order valence-corrected chi connectivity index (χ1v) is 5.68. The van der Waals surface area contributed by atoms with Gasteiger partial charge in [-0.25, -0.2) is 0 Å². The van der Waals surface area contributed by atoms with Crippen LogP contribution in [0.3, 0.4) is 0 Å². The summed E-state index contributed by atoms with van der Waals surface area (Å²) in [6, 6.07) is 1.52. The Kier molecular flexibility index (Phi) is 3.30. The number of alkyl halides is 6. The zero-order chi connectivity index (χ0) is 16.1. The van der Waals surface area contributed by atoms with Crippen LogP contribution in [0, 0.1) is 0 Å². The Balaban J connectivity index is 2.38. The minimum atomic E-state index is -4.63. The normalized spacial score (nSPS) is 13.7. The molecule has 2 rings (SSSR count). The summed E-state index contributed by atoms with van der Waals surface area (Å²) >= 11 is 0. The Morgan fingerprint density at radius 3 is 1.33 bits per heavy atom. The molecular formula is C11H10F6N4. The van der Waals surface area contributed by atoms with E-state index in [1.807, 2.05) is 0 Å². The fraction of sp³-hybridized carbons (Fsp3) is 0.455. The molecule has 0 aromatic carbocycles. The summed E-state index contributed by atoms with van der Waals surface area (Å²) in [5, 5.41) is 10.7. The van der Waals surface area contributed by atoms with Crippen molar-refractivity contribution >= 4 is 0 Å². The lowest BCUT2D eigenvalue weighted by Gasteiger charge is -2.20. The number of aromatic nitrogens is 4. The second-order valence-corrected chi connectivity index (χ2v) is 4.95. The number of rotatable bonds is 2. The summed E-state index contributed by atoms with van der Waals surface area (Å²) in [5.74, 6) is 0. The van der Waals surface area contributed by atoms with Gasteiger partial charge < -0.3 is 0 Å². The van der Waals surface area contributed by atoms with E-state index in [4.69, 9.17) is 0 Å². The van der Waals surface area contributed by atoms with E-state index in [1.54, 1.807) is 0 Å². The van der Waals surface area contributed by atoms with Gasteiger partial charge in [0.05, 0.1) is 0 Å². The molecular weight excluding hydrogens is 302 g/mol. The molecule has 2 aromatic rings. The van der Waals surface area contributed by atoms with Gasteiger partial charge in [-0.1, -0.05) is 0 Å². The van der Waals surface area contributed by atoms with E-state index in [1.165, 1.54) is 13.8 Å². The van der Waals surface area contributed by atoms with Crippen LogP contribution in [0.15, 0.2) is 12.1 Å². The summed E-state index contributed by atoms with van der Waals surface area (Å²) in [7, 11) is 0. The first kappa shape index (κ1) is 15.4. The lowest BCUT2D eigenvalue weighted by atomic mass is 9.85. The third-order valence-corrected chi connectivity index (χ3v) is 3.08. The van der Waals surface area contributed by atoms with Gasteiger partial charge in [0.25, 0.3) is 0 Å². The summed E-state index contributed by atoms with van der Waals surface area (Å²) in [4.78, 5) is 0. The maximum Gasteiger partial charge on any atom is 0.435 e. The highest BCUT2D eigenvalue weighted by molar-refractivity contribution is 5.31. The van der Waals surface area contributed by atoms with Crippen LogP contribution in [-0.4, -0.2) is 20.4 Å². The number of nitrogens with one attached hydrogen (secondary N) is 2. The van der Waals surface area contributed by atoms with Crippen molar-refractivity contribution in [2.75, 3.05) is 0 Å². The van der Waals surface area contributed by atoms with Crippen molar-refractivity contribution in [3.63, 3.8) is 0 Å². The lowest BCUT2D eigenvalue weighted by molar-refractivity contribution is -0.142. The van der Waals surface area contributed by atoms with Gasteiger partial charge in [0.1, 0.15) is 0 Å². The molecule has 0 spiro atoms. The van der Waals surface area contributed by atoms with Crippen LogP contribution in [0.25, 0.3) is 0 Å². The van der Waals surface area contributed by atoms with E-state index in [0.29, 0.717) is 0 Å². The number of hydrogen-bond acceptors (Lipinski definition) is 2. The number of halogens is 6. The predicted octanol–water partition coefficient (Wildman–Crippen LogP) is 3.50. The third-order valence-electron chi connectivity index (χ3n) is 3.08. The van der Waals surface area contributed by atoms with Gasteiger partial charge in [-0.05, 0) is 26.0 Å². The highest BCUT2D eigenvalue weighted by Gasteiger charge is 2.39. The first-order chi connectivity index (χ1) is 9.42. The van der Waals surface area contributed by atoms with E-state index in [0.717, 1.165) is 12.1 Å². The Labute approximate surface area is 114 Å². The predicted molar refractivity (Wildman–Crippen MR) is 59.3 cm³/mol. The van der Waals surface area contributed by atoms with Gasteiger partial charge in [-0.2, -0.15) is 36.5 Å². The molecule has 21 heavy (non-hydrogen) atoms. The van der Waals surface area contributed by atoms with Gasteiger partial charge in [0, 0.05) is 16.8 Å². The molecule has 0 bridgehead atoms. The zero-order valence-electron chi connectivity index (χ0n) is 10.8. The molecule has 10 heteroatoms. The average molecular weight is 312 g/mol. The fourth-order valence-electron chi connectivity index (χ4n) is 1.72.